The summed E-state index contributed by atoms with van der Waals surface area (Å²) >= 11 is 1.33. The Balaban J connectivity index is 1.81. The zero-order valence-electron chi connectivity index (χ0n) is 18.8. The first-order valence-electron chi connectivity index (χ1n) is 10.6. The van der Waals surface area contributed by atoms with Gasteiger partial charge in [-0.05, 0) is 39.2 Å². The Bertz CT molecular complexity index is 954. The highest BCUT2D eigenvalue weighted by molar-refractivity contribution is 7.09. The van der Waals surface area contributed by atoms with Gasteiger partial charge < -0.3 is 19.7 Å². The van der Waals surface area contributed by atoms with Crippen LogP contribution in [-0.4, -0.2) is 53.2 Å². The molecular weight excluding hydrogens is 430 g/mol. The minimum atomic E-state index is -0.784. The number of nitrogens with zero attached hydrogens (tertiary/aromatic N) is 2. The predicted octanol–water partition coefficient (Wildman–Crippen LogP) is 3.73. The third-order valence-corrected chi connectivity index (χ3v) is 5.96. The van der Waals surface area contributed by atoms with Crippen molar-refractivity contribution in [2.45, 2.75) is 57.7 Å². The van der Waals surface area contributed by atoms with Crippen molar-refractivity contribution in [3.8, 4) is 0 Å². The summed E-state index contributed by atoms with van der Waals surface area (Å²) in [7, 11) is 1.31. The molecule has 0 saturated carbocycles. The van der Waals surface area contributed by atoms with E-state index >= 15 is 0 Å². The fourth-order valence-electron chi connectivity index (χ4n) is 3.63. The summed E-state index contributed by atoms with van der Waals surface area (Å²) in [5, 5.41) is 5.09. The maximum absolute atomic E-state index is 13.6. The third-order valence-electron chi connectivity index (χ3n) is 5.01. The Morgan fingerprint density at radius 1 is 1.25 bits per heavy atom. The van der Waals surface area contributed by atoms with E-state index in [1.165, 1.54) is 18.4 Å². The molecule has 0 spiro atoms. The van der Waals surface area contributed by atoms with Crippen molar-refractivity contribution in [1.29, 1.82) is 0 Å². The molecule has 1 saturated heterocycles. The number of thiazole rings is 1. The van der Waals surface area contributed by atoms with E-state index in [1.54, 1.807) is 31.1 Å². The van der Waals surface area contributed by atoms with Crippen LogP contribution < -0.4 is 5.32 Å². The maximum Gasteiger partial charge on any atom is 0.408 e. The van der Waals surface area contributed by atoms with Gasteiger partial charge in [0.1, 0.15) is 16.7 Å². The Hall–Kier alpha value is -2.94. The van der Waals surface area contributed by atoms with Crippen molar-refractivity contribution in [1.82, 2.24) is 15.2 Å². The Kier molecular flexibility index (Phi) is 7.50. The van der Waals surface area contributed by atoms with E-state index in [-0.39, 0.29) is 17.6 Å². The van der Waals surface area contributed by atoms with Gasteiger partial charge in [-0.15, -0.1) is 11.3 Å². The van der Waals surface area contributed by atoms with Crippen LogP contribution in [-0.2, 0) is 20.7 Å². The number of hydrogen-bond donors (Lipinski definition) is 1. The molecule has 2 heterocycles. The number of hydrogen-bond acceptors (Lipinski definition) is 7. The highest BCUT2D eigenvalue weighted by Crippen LogP contribution is 2.34. The molecule has 8 nitrogen and oxygen atoms in total. The summed E-state index contributed by atoms with van der Waals surface area (Å²) in [6.45, 7) is 5.88. The number of esters is 1. The van der Waals surface area contributed by atoms with Gasteiger partial charge in [0.25, 0.3) is 0 Å². The van der Waals surface area contributed by atoms with Crippen LogP contribution in [0, 0.1) is 0 Å². The fraction of sp³-hybridized carbons (Fsp3) is 0.478. The first kappa shape index (κ1) is 23.7. The SMILES string of the molecule is COC(=O)c1csc([C@@H]2CCCN2C(=O)[C@H](Cc2ccccc2)NC(=O)OC(C)(C)C)n1. The van der Waals surface area contributed by atoms with Gasteiger partial charge in [-0.25, -0.2) is 14.6 Å². The molecule has 0 unspecified atom stereocenters. The van der Waals surface area contributed by atoms with Crippen LogP contribution in [0.5, 0.6) is 0 Å². The highest BCUT2D eigenvalue weighted by atomic mass is 32.1. The molecule has 0 aliphatic carbocycles. The van der Waals surface area contributed by atoms with Crippen LogP contribution in [0.3, 0.4) is 0 Å². The summed E-state index contributed by atoms with van der Waals surface area (Å²) in [4.78, 5) is 44.0. The number of carbonyl (C=O) groups is 3. The summed E-state index contributed by atoms with van der Waals surface area (Å²) in [5.74, 6) is -0.700. The van der Waals surface area contributed by atoms with E-state index in [0.29, 0.717) is 18.0 Å². The first-order valence-corrected chi connectivity index (χ1v) is 11.4. The first-order chi connectivity index (χ1) is 15.2. The van der Waals surface area contributed by atoms with Gasteiger partial charge in [-0.2, -0.15) is 0 Å². The zero-order chi connectivity index (χ0) is 23.3. The van der Waals surface area contributed by atoms with Gasteiger partial charge in [0, 0.05) is 18.3 Å². The summed E-state index contributed by atoms with van der Waals surface area (Å²) in [6, 6.07) is 8.50. The Morgan fingerprint density at radius 2 is 1.97 bits per heavy atom. The topological polar surface area (TPSA) is 97.8 Å². The number of nitrogens with one attached hydrogen (secondary N) is 1. The maximum atomic E-state index is 13.6. The summed E-state index contributed by atoms with van der Waals surface area (Å²) < 4.78 is 10.1. The molecular formula is C23H29N3O5S. The normalized spacial score (nSPS) is 17.0. The molecule has 2 amide bonds. The number of amides is 2. The molecule has 1 aromatic carbocycles. The van der Waals surface area contributed by atoms with Gasteiger partial charge in [0.05, 0.1) is 13.2 Å². The van der Waals surface area contributed by atoms with E-state index in [9.17, 15) is 14.4 Å². The minimum absolute atomic E-state index is 0.197. The van der Waals surface area contributed by atoms with Gasteiger partial charge in [-0.3, -0.25) is 4.79 Å². The number of ether oxygens (including phenoxy) is 2. The average Bonchev–Trinajstić information content (AvgIpc) is 3.41. The Labute approximate surface area is 191 Å². The van der Waals surface area contributed by atoms with E-state index < -0.39 is 23.7 Å². The molecule has 3 rings (SSSR count). The van der Waals surface area contributed by atoms with Crippen LogP contribution in [0.4, 0.5) is 4.79 Å². The third kappa shape index (κ3) is 6.06. The second-order valence-corrected chi connectivity index (χ2v) is 9.53. The van der Waals surface area contributed by atoms with Gasteiger partial charge >= 0.3 is 12.1 Å². The summed E-state index contributed by atoms with van der Waals surface area (Å²) in [5.41, 5.74) is 0.491. The number of alkyl carbamates (subject to hydrolysis) is 1. The van der Waals surface area contributed by atoms with Crippen LogP contribution in [0.25, 0.3) is 0 Å². The fourth-order valence-corrected chi connectivity index (χ4v) is 4.56. The molecule has 0 radical (unpaired) electrons. The van der Waals surface area contributed by atoms with Gasteiger partial charge in [0.2, 0.25) is 5.91 Å². The van der Waals surface area contributed by atoms with Crippen LogP contribution in [0.1, 0.15) is 60.7 Å². The number of likely N-dealkylation sites (tertiary alicyclic amines) is 1. The number of aromatic nitrogens is 1. The highest BCUT2D eigenvalue weighted by Gasteiger charge is 2.37. The smallest absolute Gasteiger partial charge is 0.408 e. The quantitative estimate of drug-likeness (QED) is 0.661. The molecule has 1 fully saturated rings. The number of rotatable bonds is 6. The number of carbonyl (C=O) groups excluding carboxylic acids is 3. The predicted molar refractivity (Wildman–Crippen MR) is 120 cm³/mol. The van der Waals surface area contributed by atoms with E-state index in [0.717, 1.165) is 18.4 Å². The molecule has 2 aromatic rings. The molecule has 32 heavy (non-hydrogen) atoms. The van der Waals surface area contributed by atoms with Crippen LogP contribution >= 0.6 is 11.3 Å². The molecule has 1 aliphatic heterocycles. The van der Waals surface area contributed by atoms with Gasteiger partial charge in [0.15, 0.2) is 5.69 Å². The molecule has 9 heteroatoms. The van der Waals surface area contributed by atoms with Crippen molar-refractivity contribution < 1.29 is 23.9 Å². The molecule has 0 bridgehead atoms. The second-order valence-electron chi connectivity index (χ2n) is 8.64. The van der Waals surface area contributed by atoms with Crippen LogP contribution in [0.15, 0.2) is 35.7 Å². The standard InChI is InChI=1S/C23H29N3O5S/c1-23(2,3)31-22(29)25-16(13-15-9-6-5-7-10-15)20(27)26-12-8-11-18(26)19-24-17(14-32-19)21(28)30-4/h5-7,9-10,14,16,18H,8,11-13H2,1-4H3,(H,25,29)/t16-,18-/m0/s1. The lowest BCUT2D eigenvalue weighted by Crippen LogP contribution is -2.50. The molecule has 1 aliphatic rings. The lowest BCUT2D eigenvalue weighted by atomic mass is 10.0. The lowest BCUT2D eigenvalue weighted by Gasteiger charge is -2.29. The minimum Gasteiger partial charge on any atom is -0.464 e. The monoisotopic (exact) mass is 459 g/mol. The zero-order valence-corrected chi connectivity index (χ0v) is 19.6. The number of methoxy groups -OCH3 is 1. The van der Waals surface area contributed by atoms with Crippen molar-refractivity contribution in [2.75, 3.05) is 13.7 Å². The second kappa shape index (κ2) is 10.1. The van der Waals surface area contributed by atoms with Crippen molar-refractivity contribution in [2.24, 2.45) is 0 Å². The lowest BCUT2D eigenvalue weighted by molar-refractivity contribution is -0.134. The molecule has 1 aromatic heterocycles. The van der Waals surface area contributed by atoms with E-state index in [4.69, 9.17) is 9.47 Å². The molecule has 2 atom stereocenters. The summed E-state index contributed by atoms with van der Waals surface area (Å²) in [6.07, 6.45) is 1.26. The number of benzene rings is 1. The van der Waals surface area contributed by atoms with Crippen molar-refractivity contribution in [3.63, 3.8) is 0 Å². The van der Waals surface area contributed by atoms with E-state index in [1.807, 2.05) is 30.3 Å². The molecule has 1 N–H and O–H groups in total. The van der Waals surface area contributed by atoms with E-state index in [2.05, 4.69) is 10.3 Å². The van der Waals surface area contributed by atoms with Gasteiger partial charge in [-0.1, -0.05) is 30.3 Å². The Morgan fingerprint density at radius 3 is 2.62 bits per heavy atom. The van der Waals surface area contributed by atoms with Crippen LogP contribution in [0.2, 0.25) is 0 Å². The largest absolute Gasteiger partial charge is 0.464 e. The van der Waals surface area contributed by atoms with Crippen molar-refractivity contribution >= 4 is 29.3 Å². The molecule has 172 valence electrons. The average molecular weight is 460 g/mol. The van der Waals surface area contributed by atoms with Crippen molar-refractivity contribution in [3.05, 3.63) is 52.0 Å².